The van der Waals surface area contributed by atoms with Crippen molar-refractivity contribution in [3.05, 3.63) is 42.8 Å². The first-order valence-corrected chi connectivity index (χ1v) is 11.9. The van der Waals surface area contributed by atoms with Gasteiger partial charge in [0.25, 0.3) is 5.56 Å². The quantitative estimate of drug-likeness (QED) is 0.587. The molecule has 164 valence electrons. The smallest absolute Gasteiger partial charge is 0.255 e. The second-order valence-electron chi connectivity index (χ2n) is 7.47. The van der Waals surface area contributed by atoms with Crippen LogP contribution in [0.5, 0.6) is 0 Å². The summed E-state index contributed by atoms with van der Waals surface area (Å²) in [6, 6.07) is 2.11. The number of hydrogen-bond acceptors (Lipinski definition) is 8. The number of rotatable bonds is 6. The largest absolute Gasteiger partial charge is 0.378 e. The number of aryl methyl sites for hydroxylation is 3. The number of morpholine rings is 1. The van der Waals surface area contributed by atoms with Crippen LogP contribution in [0.25, 0.3) is 11.3 Å². The zero-order valence-electron chi connectivity index (χ0n) is 17.8. The van der Waals surface area contributed by atoms with Crippen molar-refractivity contribution in [2.75, 3.05) is 36.5 Å². The van der Waals surface area contributed by atoms with Gasteiger partial charge in [-0.2, -0.15) is 0 Å². The minimum Gasteiger partial charge on any atom is -0.378 e. The van der Waals surface area contributed by atoms with Crippen LogP contribution in [-0.4, -0.2) is 47.2 Å². The van der Waals surface area contributed by atoms with Gasteiger partial charge in [-0.05, 0) is 33.3 Å². The van der Waals surface area contributed by atoms with E-state index >= 15 is 0 Å². The Morgan fingerprint density at radius 2 is 2.03 bits per heavy atom. The predicted octanol–water partition coefficient (Wildman–Crippen LogP) is 3.29. The van der Waals surface area contributed by atoms with Gasteiger partial charge in [0.15, 0.2) is 5.13 Å². The number of ether oxygens (including phenoxy) is 1. The van der Waals surface area contributed by atoms with Crippen molar-refractivity contribution in [3.8, 4) is 11.3 Å². The van der Waals surface area contributed by atoms with Crippen molar-refractivity contribution in [3.63, 3.8) is 0 Å². The SMILES string of the molecule is Cc1cc(-c2csc(NC(=O)CCc3c(C)nc(N4CCOCC4)[nH]c3=O)n2)c(C)s1. The van der Waals surface area contributed by atoms with Gasteiger partial charge in [-0.25, -0.2) is 9.97 Å². The number of thiophene rings is 1. The molecule has 3 aromatic heterocycles. The second kappa shape index (κ2) is 9.29. The monoisotopic (exact) mass is 459 g/mol. The molecule has 0 spiro atoms. The number of aromatic nitrogens is 3. The van der Waals surface area contributed by atoms with Crippen LogP contribution in [0, 0.1) is 20.8 Å². The Labute approximate surface area is 188 Å². The summed E-state index contributed by atoms with van der Waals surface area (Å²) in [5.74, 6) is 0.392. The third-order valence-corrected chi connectivity index (χ3v) is 6.91. The molecule has 31 heavy (non-hydrogen) atoms. The first-order valence-electron chi connectivity index (χ1n) is 10.2. The van der Waals surface area contributed by atoms with Crippen molar-refractivity contribution in [1.29, 1.82) is 0 Å². The summed E-state index contributed by atoms with van der Waals surface area (Å²) < 4.78 is 5.34. The zero-order valence-corrected chi connectivity index (χ0v) is 19.4. The number of H-pyrrole nitrogens is 1. The molecular weight excluding hydrogens is 434 g/mol. The van der Waals surface area contributed by atoms with E-state index in [2.05, 4.69) is 40.2 Å². The minimum absolute atomic E-state index is 0.171. The lowest BCUT2D eigenvalue weighted by atomic mass is 10.1. The maximum atomic E-state index is 12.6. The van der Waals surface area contributed by atoms with E-state index in [0.29, 0.717) is 55.1 Å². The van der Waals surface area contributed by atoms with Gasteiger partial charge in [-0.3, -0.25) is 14.6 Å². The van der Waals surface area contributed by atoms with Gasteiger partial charge >= 0.3 is 0 Å². The number of hydrogen-bond donors (Lipinski definition) is 2. The van der Waals surface area contributed by atoms with Crippen molar-refractivity contribution < 1.29 is 9.53 Å². The second-order valence-corrected chi connectivity index (χ2v) is 9.78. The number of aromatic amines is 1. The molecule has 1 aliphatic heterocycles. The molecule has 1 amide bonds. The van der Waals surface area contributed by atoms with E-state index in [-0.39, 0.29) is 17.9 Å². The van der Waals surface area contributed by atoms with Gasteiger partial charge in [0, 0.05) is 51.5 Å². The van der Waals surface area contributed by atoms with E-state index in [1.807, 2.05) is 17.2 Å². The molecule has 10 heteroatoms. The van der Waals surface area contributed by atoms with Crippen LogP contribution < -0.4 is 15.8 Å². The van der Waals surface area contributed by atoms with E-state index in [1.165, 1.54) is 21.1 Å². The number of thiazole rings is 1. The van der Waals surface area contributed by atoms with E-state index in [1.54, 1.807) is 11.3 Å². The van der Waals surface area contributed by atoms with E-state index < -0.39 is 0 Å². The summed E-state index contributed by atoms with van der Waals surface area (Å²) >= 11 is 3.14. The summed E-state index contributed by atoms with van der Waals surface area (Å²) in [6.07, 6.45) is 0.512. The van der Waals surface area contributed by atoms with Crippen molar-refractivity contribution in [1.82, 2.24) is 15.0 Å². The molecule has 3 aromatic rings. The predicted molar refractivity (Wildman–Crippen MR) is 124 cm³/mol. The summed E-state index contributed by atoms with van der Waals surface area (Å²) in [5.41, 5.74) is 2.97. The standard InChI is InChI=1S/C21H25N5O3S2/c1-12-10-16(14(3)31-12)17-11-30-21(23-17)24-18(27)5-4-15-13(2)22-20(25-19(15)28)26-6-8-29-9-7-26/h10-11H,4-9H2,1-3H3,(H,22,25,28)(H,23,24,27). The average molecular weight is 460 g/mol. The summed E-state index contributed by atoms with van der Waals surface area (Å²) in [5, 5.41) is 5.36. The van der Waals surface area contributed by atoms with Crippen LogP contribution in [0.15, 0.2) is 16.2 Å². The normalized spacial score (nSPS) is 14.1. The number of carbonyl (C=O) groups is 1. The number of nitrogens with one attached hydrogen (secondary N) is 2. The first-order chi connectivity index (χ1) is 14.9. The third-order valence-electron chi connectivity index (χ3n) is 5.19. The van der Waals surface area contributed by atoms with E-state index in [4.69, 9.17) is 4.74 Å². The lowest BCUT2D eigenvalue weighted by Crippen LogP contribution is -2.38. The Bertz CT molecular complexity index is 1140. The molecule has 2 N–H and O–H groups in total. The van der Waals surface area contributed by atoms with Crippen molar-refractivity contribution in [2.45, 2.75) is 33.6 Å². The Kier molecular flexibility index (Phi) is 6.49. The van der Waals surface area contributed by atoms with Gasteiger partial charge in [-0.15, -0.1) is 22.7 Å². The third kappa shape index (κ3) is 5.03. The molecule has 0 atom stereocenters. The lowest BCUT2D eigenvalue weighted by Gasteiger charge is -2.27. The zero-order chi connectivity index (χ0) is 22.0. The fourth-order valence-electron chi connectivity index (χ4n) is 3.58. The summed E-state index contributed by atoms with van der Waals surface area (Å²) in [4.78, 5) is 41.4. The molecule has 1 saturated heterocycles. The van der Waals surface area contributed by atoms with E-state index in [0.717, 1.165) is 11.3 Å². The van der Waals surface area contributed by atoms with Crippen LogP contribution in [0.4, 0.5) is 11.1 Å². The Morgan fingerprint density at radius 3 is 2.71 bits per heavy atom. The number of nitrogens with zero attached hydrogens (tertiary/aromatic N) is 3. The molecule has 0 bridgehead atoms. The molecule has 1 fully saturated rings. The van der Waals surface area contributed by atoms with Crippen LogP contribution in [0.1, 0.15) is 27.4 Å². The molecule has 0 radical (unpaired) electrons. The van der Waals surface area contributed by atoms with Gasteiger partial charge in [0.2, 0.25) is 11.9 Å². The molecule has 1 aliphatic rings. The highest BCUT2D eigenvalue weighted by Crippen LogP contribution is 2.32. The highest BCUT2D eigenvalue weighted by atomic mass is 32.1. The van der Waals surface area contributed by atoms with Crippen LogP contribution in [0.3, 0.4) is 0 Å². The summed E-state index contributed by atoms with van der Waals surface area (Å²) in [6.45, 7) is 8.59. The van der Waals surface area contributed by atoms with Crippen molar-refractivity contribution >= 4 is 39.7 Å². The fourth-order valence-corrected chi connectivity index (χ4v) is 5.24. The van der Waals surface area contributed by atoms with Gasteiger partial charge in [0.1, 0.15) is 0 Å². The van der Waals surface area contributed by atoms with Crippen molar-refractivity contribution in [2.24, 2.45) is 0 Å². The number of carbonyl (C=O) groups excluding carboxylic acids is 1. The number of anilines is 2. The first kappa shape index (κ1) is 21.7. The van der Waals surface area contributed by atoms with Gasteiger partial charge in [0.05, 0.1) is 18.9 Å². The average Bonchev–Trinajstić information content (AvgIpc) is 3.33. The molecule has 0 unspecified atom stereocenters. The molecule has 4 heterocycles. The molecule has 0 aromatic carbocycles. The molecule has 0 saturated carbocycles. The maximum absolute atomic E-state index is 12.6. The Balaban J connectivity index is 1.38. The molecule has 8 nitrogen and oxygen atoms in total. The molecule has 0 aliphatic carbocycles. The van der Waals surface area contributed by atoms with E-state index in [9.17, 15) is 9.59 Å². The highest BCUT2D eigenvalue weighted by molar-refractivity contribution is 7.14. The van der Waals surface area contributed by atoms with Crippen LogP contribution in [0.2, 0.25) is 0 Å². The fraction of sp³-hybridized carbons (Fsp3) is 0.429. The Hall–Kier alpha value is -2.56. The number of amides is 1. The van der Waals surface area contributed by atoms with Crippen LogP contribution >= 0.6 is 22.7 Å². The van der Waals surface area contributed by atoms with Gasteiger partial charge in [-0.1, -0.05) is 0 Å². The van der Waals surface area contributed by atoms with Gasteiger partial charge < -0.3 is 15.0 Å². The minimum atomic E-state index is -0.193. The lowest BCUT2D eigenvalue weighted by molar-refractivity contribution is -0.116. The highest BCUT2D eigenvalue weighted by Gasteiger charge is 2.17. The molecular formula is C21H25N5O3S2. The maximum Gasteiger partial charge on any atom is 0.255 e. The summed E-state index contributed by atoms with van der Waals surface area (Å²) in [7, 11) is 0. The van der Waals surface area contributed by atoms with Crippen LogP contribution in [-0.2, 0) is 16.0 Å². The molecule has 4 rings (SSSR count). The Morgan fingerprint density at radius 1 is 1.26 bits per heavy atom. The topological polar surface area (TPSA) is 100 Å².